The fraction of sp³-hybridized carbons (Fsp3) is 0.286. The summed E-state index contributed by atoms with van der Waals surface area (Å²) in [6.07, 6.45) is 1.02. The van der Waals surface area contributed by atoms with E-state index >= 15 is 0 Å². The van der Waals surface area contributed by atoms with Crippen molar-refractivity contribution in [1.82, 2.24) is 4.90 Å². The maximum Gasteiger partial charge on any atom is 0.229 e. The molecule has 0 spiro atoms. The van der Waals surface area contributed by atoms with Gasteiger partial charge in [-0.05, 0) is 36.2 Å². The number of rotatable bonds is 6. The molecular formula is C21H23N3O3. The summed E-state index contributed by atoms with van der Waals surface area (Å²) < 4.78 is 0. The number of nitrogens with zero attached hydrogens (tertiary/aromatic N) is 1. The second kappa shape index (κ2) is 8.49. The van der Waals surface area contributed by atoms with Crippen LogP contribution in [-0.2, 0) is 20.8 Å². The minimum atomic E-state index is -0.344. The van der Waals surface area contributed by atoms with E-state index in [0.717, 1.165) is 6.42 Å². The topological polar surface area (TPSA) is 78.5 Å². The summed E-state index contributed by atoms with van der Waals surface area (Å²) in [6.45, 7) is 2.51. The van der Waals surface area contributed by atoms with Crippen molar-refractivity contribution in [2.45, 2.75) is 19.8 Å². The quantitative estimate of drug-likeness (QED) is 0.826. The van der Waals surface area contributed by atoms with Crippen molar-refractivity contribution >= 4 is 29.1 Å². The lowest BCUT2D eigenvalue weighted by molar-refractivity contribution is -0.128. The van der Waals surface area contributed by atoms with Gasteiger partial charge in [0.2, 0.25) is 17.7 Å². The largest absolute Gasteiger partial charge is 0.342 e. The third-order valence-electron chi connectivity index (χ3n) is 4.57. The number of likely N-dealkylation sites (tertiary alicyclic amines) is 1. The Morgan fingerprint density at radius 2 is 1.63 bits per heavy atom. The summed E-state index contributed by atoms with van der Waals surface area (Å²) in [5, 5.41) is 5.53. The molecule has 6 heteroatoms. The number of carbonyl (C=O) groups excluding carboxylic acids is 3. The van der Waals surface area contributed by atoms with Crippen molar-refractivity contribution in [2.75, 3.05) is 23.7 Å². The van der Waals surface area contributed by atoms with Gasteiger partial charge in [0.1, 0.15) is 0 Å². The molecular weight excluding hydrogens is 342 g/mol. The fourth-order valence-corrected chi connectivity index (χ4v) is 3.16. The molecule has 1 aliphatic rings. The van der Waals surface area contributed by atoms with Gasteiger partial charge in [-0.25, -0.2) is 0 Å². The van der Waals surface area contributed by atoms with E-state index in [9.17, 15) is 14.4 Å². The molecule has 0 aliphatic carbocycles. The Hall–Kier alpha value is -3.15. The molecule has 2 aromatic carbocycles. The first-order valence-electron chi connectivity index (χ1n) is 9.01. The summed E-state index contributed by atoms with van der Waals surface area (Å²) in [5.74, 6) is -0.625. The minimum Gasteiger partial charge on any atom is -0.342 e. The van der Waals surface area contributed by atoms with Crippen LogP contribution in [0.4, 0.5) is 11.4 Å². The summed E-state index contributed by atoms with van der Waals surface area (Å²) >= 11 is 0. The van der Waals surface area contributed by atoms with E-state index in [1.165, 1.54) is 12.5 Å². The Balaban J connectivity index is 1.51. The first kappa shape index (κ1) is 18.6. The van der Waals surface area contributed by atoms with Gasteiger partial charge in [-0.1, -0.05) is 30.3 Å². The average Bonchev–Trinajstić information content (AvgIpc) is 3.03. The van der Waals surface area contributed by atoms with Crippen LogP contribution in [-0.4, -0.2) is 35.7 Å². The van der Waals surface area contributed by atoms with Crippen molar-refractivity contribution in [3.05, 3.63) is 60.2 Å². The highest BCUT2D eigenvalue weighted by Gasteiger charge is 2.33. The Labute approximate surface area is 158 Å². The minimum absolute atomic E-state index is 0.0205. The fourth-order valence-electron chi connectivity index (χ4n) is 3.16. The number of carbonyl (C=O) groups is 3. The zero-order valence-electron chi connectivity index (χ0n) is 15.3. The maximum absolute atomic E-state index is 12.5. The van der Waals surface area contributed by atoms with E-state index in [4.69, 9.17) is 0 Å². The molecule has 140 valence electrons. The van der Waals surface area contributed by atoms with Gasteiger partial charge in [0.05, 0.1) is 5.92 Å². The standard InChI is InChI=1S/C21H23N3O3/c1-15(25)22-18-7-9-19(10-8-18)23-21(27)17-13-20(26)24(14-17)12-11-16-5-3-2-4-6-16/h2-10,17H,11-14H2,1H3,(H,22,25)(H,23,27). The molecule has 1 heterocycles. The molecule has 0 aromatic heterocycles. The van der Waals surface area contributed by atoms with Crippen molar-refractivity contribution in [2.24, 2.45) is 5.92 Å². The number of nitrogens with one attached hydrogen (secondary N) is 2. The van der Waals surface area contributed by atoms with Crippen LogP contribution in [0.15, 0.2) is 54.6 Å². The molecule has 0 bridgehead atoms. The van der Waals surface area contributed by atoms with Crippen LogP contribution in [0.1, 0.15) is 18.9 Å². The van der Waals surface area contributed by atoms with Crippen LogP contribution >= 0.6 is 0 Å². The number of amides is 3. The number of hydrogen-bond donors (Lipinski definition) is 2. The zero-order valence-corrected chi connectivity index (χ0v) is 15.3. The number of hydrogen-bond acceptors (Lipinski definition) is 3. The molecule has 27 heavy (non-hydrogen) atoms. The van der Waals surface area contributed by atoms with E-state index in [1.54, 1.807) is 29.2 Å². The Kier molecular flexibility index (Phi) is 5.86. The molecule has 6 nitrogen and oxygen atoms in total. The molecule has 2 N–H and O–H groups in total. The van der Waals surface area contributed by atoms with Gasteiger partial charge in [0, 0.05) is 37.8 Å². The van der Waals surface area contributed by atoms with Crippen molar-refractivity contribution in [3.8, 4) is 0 Å². The second-order valence-electron chi connectivity index (χ2n) is 6.72. The smallest absolute Gasteiger partial charge is 0.229 e. The Morgan fingerprint density at radius 3 is 2.26 bits per heavy atom. The lowest BCUT2D eigenvalue weighted by atomic mass is 10.1. The highest BCUT2D eigenvalue weighted by Crippen LogP contribution is 2.21. The lowest BCUT2D eigenvalue weighted by Crippen LogP contribution is -2.30. The molecule has 1 unspecified atom stereocenters. The van der Waals surface area contributed by atoms with E-state index < -0.39 is 0 Å². The molecule has 3 rings (SSSR count). The highest BCUT2D eigenvalue weighted by molar-refractivity contribution is 5.97. The molecule has 1 fully saturated rings. The average molecular weight is 365 g/mol. The maximum atomic E-state index is 12.5. The SMILES string of the molecule is CC(=O)Nc1ccc(NC(=O)C2CC(=O)N(CCc3ccccc3)C2)cc1. The molecule has 3 amide bonds. The molecule has 1 saturated heterocycles. The van der Waals surface area contributed by atoms with Gasteiger partial charge in [-0.15, -0.1) is 0 Å². The Bertz CT molecular complexity index is 818. The summed E-state index contributed by atoms with van der Waals surface area (Å²) in [4.78, 5) is 37.5. The van der Waals surface area contributed by atoms with Crippen molar-refractivity contribution in [1.29, 1.82) is 0 Å². The summed E-state index contributed by atoms with van der Waals surface area (Å²) in [7, 11) is 0. The number of anilines is 2. The van der Waals surface area contributed by atoms with E-state index in [-0.39, 0.29) is 30.1 Å². The molecule has 0 saturated carbocycles. The van der Waals surface area contributed by atoms with E-state index in [2.05, 4.69) is 10.6 Å². The monoisotopic (exact) mass is 365 g/mol. The van der Waals surface area contributed by atoms with E-state index in [1.807, 2.05) is 30.3 Å². The molecule has 0 radical (unpaired) electrons. The van der Waals surface area contributed by atoms with Crippen LogP contribution in [0.5, 0.6) is 0 Å². The molecule has 1 atom stereocenters. The van der Waals surface area contributed by atoms with Gasteiger partial charge in [0.25, 0.3) is 0 Å². The number of benzene rings is 2. The van der Waals surface area contributed by atoms with Gasteiger partial charge < -0.3 is 15.5 Å². The first-order chi connectivity index (χ1) is 13.0. The molecule has 2 aromatic rings. The third-order valence-corrected chi connectivity index (χ3v) is 4.57. The highest BCUT2D eigenvalue weighted by atomic mass is 16.2. The van der Waals surface area contributed by atoms with Crippen LogP contribution in [0.2, 0.25) is 0 Å². The summed E-state index contributed by atoms with van der Waals surface area (Å²) in [6, 6.07) is 16.9. The normalized spacial score (nSPS) is 16.3. The van der Waals surface area contributed by atoms with Gasteiger partial charge in [0.15, 0.2) is 0 Å². The van der Waals surface area contributed by atoms with Crippen LogP contribution in [0, 0.1) is 5.92 Å². The third kappa shape index (κ3) is 5.17. The van der Waals surface area contributed by atoms with Gasteiger partial charge in [-0.2, -0.15) is 0 Å². The predicted molar refractivity (Wildman–Crippen MR) is 104 cm³/mol. The van der Waals surface area contributed by atoms with Crippen molar-refractivity contribution in [3.63, 3.8) is 0 Å². The summed E-state index contributed by atoms with van der Waals surface area (Å²) in [5.41, 5.74) is 2.49. The van der Waals surface area contributed by atoms with Crippen LogP contribution < -0.4 is 10.6 Å². The van der Waals surface area contributed by atoms with Gasteiger partial charge >= 0.3 is 0 Å². The Morgan fingerprint density at radius 1 is 1.00 bits per heavy atom. The molecule has 1 aliphatic heterocycles. The predicted octanol–water partition coefficient (Wildman–Crippen LogP) is 2.67. The lowest BCUT2D eigenvalue weighted by Gasteiger charge is -2.16. The first-order valence-corrected chi connectivity index (χ1v) is 9.01. The van der Waals surface area contributed by atoms with Crippen LogP contribution in [0.3, 0.4) is 0 Å². The second-order valence-corrected chi connectivity index (χ2v) is 6.72. The van der Waals surface area contributed by atoms with Gasteiger partial charge in [-0.3, -0.25) is 14.4 Å². The van der Waals surface area contributed by atoms with Crippen molar-refractivity contribution < 1.29 is 14.4 Å². The van der Waals surface area contributed by atoms with Crippen LogP contribution in [0.25, 0.3) is 0 Å². The zero-order chi connectivity index (χ0) is 19.2. The van der Waals surface area contributed by atoms with E-state index in [0.29, 0.717) is 24.5 Å².